The van der Waals surface area contributed by atoms with E-state index in [2.05, 4.69) is 101 Å². The number of carbonyl (C=O) groups is 1. The number of aromatic carboxylic acids is 1. The largest absolute Gasteiger partial charge is 0.656 e. The Labute approximate surface area is 266 Å². The van der Waals surface area contributed by atoms with Gasteiger partial charge in [0.25, 0.3) is 0 Å². The molecule has 0 bridgehead atoms. The van der Waals surface area contributed by atoms with Crippen molar-refractivity contribution in [1.29, 1.82) is 0 Å². The molecule has 6 nitrogen and oxygen atoms in total. The molecular formula is C36H37N4O2Pt-. The van der Waals surface area contributed by atoms with Crippen LogP contribution in [0, 0.1) is 0 Å². The minimum absolute atomic E-state index is 0. The molecule has 3 aromatic heterocycles. The summed E-state index contributed by atoms with van der Waals surface area (Å²) in [6, 6.07) is 22.4. The topological polar surface area (TPSA) is 82.1 Å². The molecule has 0 radical (unpaired) electrons. The minimum Gasteiger partial charge on any atom is -0.656 e. The Bertz CT molecular complexity index is 2020. The van der Waals surface area contributed by atoms with Gasteiger partial charge in [-0.25, -0.2) is 14.8 Å². The summed E-state index contributed by atoms with van der Waals surface area (Å²) in [5.41, 5.74) is 8.51. The third-order valence-corrected chi connectivity index (χ3v) is 8.08. The number of para-hydroxylation sites is 1. The number of rotatable bonds is 4. The first-order chi connectivity index (χ1) is 19.7. The van der Waals surface area contributed by atoms with E-state index in [0.29, 0.717) is 5.69 Å². The van der Waals surface area contributed by atoms with Crippen LogP contribution in [0.5, 0.6) is 0 Å². The fourth-order valence-corrected chi connectivity index (χ4v) is 5.74. The van der Waals surface area contributed by atoms with E-state index in [1.807, 2.05) is 18.2 Å². The molecule has 0 aliphatic heterocycles. The van der Waals surface area contributed by atoms with E-state index in [9.17, 15) is 9.90 Å². The monoisotopic (exact) mass is 752 g/mol. The van der Waals surface area contributed by atoms with Crippen LogP contribution >= 0.6 is 0 Å². The van der Waals surface area contributed by atoms with E-state index >= 15 is 0 Å². The molecule has 6 aromatic rings. The number of imidazole rings is 1. The molecule has 1 N–H and O–H groups in total. The summed E-state index contributed by atoms with van der Waals surface area (Å²) in [6.07, 6.45) is 0. The Morgan fingerprint density at radius 2 is 1.49 bits per heavy atom. The first kappa shape index (κ1) is 30.7. The van der Waals surface area contributed by atoms with Crippen molar-refractivity contribution >= 4 is 38.8 Å². The van der Waals surface area contributed by atoms with E-state index in [0.717, 1.165) is 49.8 Å². The zero-order valence-electron chi connectivity index (χ0n) is 25.9. The number of carboxylic acid groups (broad SMARTS) is 1. The van der Waals surface area contributed by atoms with Gasteiger partial charge in [-0.2, -0.15) is 0 Å². The Morgan fingerprint density at radius 3 is 2.14 bits per heavy atom. The molecule has 3 heterocycles. The molecule has 7 heteroatoms. The van der Waals surface area contributed by atoms with Gasteiger partial charge in [0.15, 0.2) is 0 Å². The number of benzene rings is 3. The second-order valence-corrected chi connectivity index (χ2v) is 13.5. The van der Waals surface area contributed by atoms with Crippen molar-refractivity contribution in [2.24, 2.45) is 0 Å². The summed E-state index contributed by atoms with van der Waals surface area (Å²) in [4.78, 5) is 26.6. The zero-order valence-corrected chi connectivity index (χ0v) is 28.2. The maximum Gasteiger partial charge on any atom is 0.354 e. The average Bonchev–Trinajstić information content (AvgIpc) is 3.50. The zero-order chi connectivity index (χ0) is 30.1. The minimum atomic E-state index is -1.05. The molecule has 0 spiro atoms. The Kier molecular flexibility index (Phi) is 7.67. The van der Waals surface area contributed by atoms with Gasteiger partial charge < -0.3 is 14.7 Å². The standard InChI is InChI=1S/C36H38N4O2.Pt/c1-20(2)40-30-14-9-11-23(27-12-10-13-29(37-27)34(41)42)32(30)39-33(40)26-19-22(36(6,7)8)18-25-24-17-21(35(3,4)5)15-16-28(24)38-31(25)26;/h9-20H,1-8H3,(H2,37,38,39,41,42);/p-1. The van der Waals surface area contributed by atoms with Crippen molar-refractivity contribution in [2.45, 2.75) is 72.3 Å². The number of carboxylic acids is 1. The number of hydrogen-bond donors (Lipinski definition) is 1. The maximum absolute atomic E-state index is 11.7. The summed E-state index contributed by atoms with van der Waals surface area (Å²) in [5.74, 6) is -0.209. The molecule has 0 saturated carbocycles. The van der Waals surface area contributed by atoms with E-state index in [-0.39, 0.29) is 43.6 Å². The number of hydrogen-bond acceptors (Lipinski definition) is 3. The second kappa shape index (κ2) is 10.7. The molecule has 0 atom stereocenters. The van der Waals surface area contributed by atoms with Gasteiger partial charge in [-0.05, 0) is 70.8 Å². The third-order valence-electron chi connectivity index (χ3n) is 8.08. The molecule has 6 rings (SSSR count). The molecule has 0 amide bonds. The molecule has 0 aliphatic carbocycles. The molecular weight excluding hydrogens is 716 g/mol. The summed E-state index contributed by atoms with van der Waals surface area (Å²) < 4.78 is 2.26. The predicted molar refractivity (Wildman–Crippen MR) is 171 cm³/mol. The molecule has 3 aromatic carbocycles. The second-order valence-electron chi connectivity index (χ2n) is 13.5. The van der Waals surface area contributed by atoms with Crippen LogP contribution in [0.1, 0.15) is 83.0 Å². The predicted octanol–water partition coefficient (Wildman–Crippen LogP) is 8.90. The van der Waals surface area contributed by atoms with Crippen LogP contribution in [0.15, 0.2) is 66.7 Å². The van der Waals surface area contributed by atoms with Crippen LogP contribution in [0.25, 0.3) is 55.5 Å². The van der Waals surface area contributed by atoms with Crippen molar-refractivity contribution in [3.63, 3.8) is 0 Å². The Morgan fingerprint density at radius 1 is 0.814 bits per heavy atom. The summed E-state index contributed by atoms with van der Waals surface area (Å²) in [7, 11) is 0. The molecule has 0 fully saturated rings. The summed E-state index contributed by atoms with van der Waals surface area (Å²) in [6.45, 7) is 17.8. The van der Waals surface area contributed by atoms with Crippen molar-refractivity contribution in [1.82, 2.24) is 19.5 Å². The van der Waals surface area contributed by atoms with Crippen molar-refractivity contribution in [3.05, 3.63) is 83.6 Å². The van der Waals surface area contributed by atoms with Gasteiger partial charge >= 0.3 is 5.97 Å². The smallest absolute Gasteiger partial charge is 0.354 e. The normalized spacial score (nSPS) is 12.4. The molecule has 43 heavy (non-hydrogen) atoms. The van der Waals surface area contributed by atoms with Gasteiger partial charge in [0.05, 0.1) is 16.7 Å². The van der Waals surface area contributed by atoms with Crippen LogP contribution < -0.4 is 4.98 Å². The Balaban J connectivity index is 0.00000368. The van der Waals surface area contributed by atoms with Gasteiger partial charge in [-0.3, -0.25) is 0 Å². The van der Waals surface area contributed by atoms with Crippen LogP contribution in [0.3, 0.4) is 0 Å². The van der Waals surface area contributed by atoms with Crippen molar-refractivity contribution < 1.29 is 31.0 Å². The van der Waals surface area contributed by atoms with Crippen LogP contribution in [0.2, 0.25) is 0 Å². The number of aromatic nitrogens is 4. The number of pyridine rings is 1. The van der Waals surface area contributed by atoms with Gasteiger partial charge in [0.1, 0.15) is 11.5 Å². The molecule has 224 valence electrons. The van der Waals surface area contributed by atoms with Crippen LogP contribution in [-0.4, -0.2) is 25.6 Å². The van der Waals surface area contributed by atoms with E-state index in [1.165, 1.54) is 17.2 Å². The molecule has 0 saturated heterocycles. The van der Waals surface area contributed by atoms with Crippen molar-refractivity contribution in [3.8, 4) is 22.6 Å². The fourth-order valence-electron chi connectivity index (χ4n) is 5.74. The average molecular weight is 753 g/mol. The number of nitrogens with zero attached hydrogens (tertiary/aromatic N) is 4. The van der Waals surface area contributed by atoms with E-state index < -0.39 is 5.97 Å². The van der Waals surface area contributed by atoms with Crippen LogP contribution in [0.4, 0.5) is 0 Å². The van der Waals surface area contributed by atoms with E-state index in [4.69, 9.17) is 9.97 Å². The van der Waals surface area contributed by atoms with Gasteiger partial charge in [-0.15, -0.1) is 11.0 Å². The quantitative estimate of drug-likeness (QED) is 0.195. The first-order valence-electron chi connectivity index (χ1n) is 14.5. The molecule has 0 unspecified atom stereocenters. The number of fused-ring (bicyclic) bond motifs is 4. The summed E-state index contributed by atoms with van der Waals surface area (Å²) in [5, 5.41) is 11.9. The van der Waals surface area contributed by atoms with E-state index in [1.54, 1.807) is 6.07 Å². The molecule has 0 aliphatic rings. The maximum atomic E-state index is 11.7. The van der Waals surface area contributed by atoms with Gasteiger partial charge in [-0.1, -0.05) is 84.0 Å². The van der Waals surface area contributed by atoms with Gasteiger partial charge in [0, 0.05) is 38.2 Å². The first-order valence-corrected chi connectivity index (χ1v) is 14.5. The summed E-state index contributed by atoms with van der Waals surface area (Å²) >= 11 is 0. The van der Waals surface area contributed by atoms with Crippen LogP contribution in [-0.2, 0) is 31.9 Å². The third kappa shape index (κ3) is 5.31. The SMILES string of the molecule is CC(C)n1c(-c2cc(C(C)(C)C)cc3c2[n-]c2ccc(C(C)(C)C)cc23)nc2c(-c3cccc(C(=O)O)n3)cccc21.[Pt]. The Hall–Kier alpha value is -3.76. The van der Waals surface area contributed by atoms with Crippen molar-refractivity contribution in [2.75, 3.05) is 0 Å². The fraction of sp³-hybridized carbons (Fsp3) is 0.306. The van der Waals surface area contributed by atoms with Gasteiger partial charge in [0.2, 0.25) is 0 Å².